The molecule has 2 atom stereocenters. The molecular formula is C19H19FN2O4. The van der Waals surface area contributed by atoms with Crippen LogP contribution in [-0.4, -0.2) is 51.2 Å². The lowest BCUT2D eigenvalue weighted by molar-refractivity contribution is -0.161. The number of carbonyl (C=O) groups is 2. The van der Waals surface area contributed by atoms with E-state index in [-0.39, 0.29) is 31.8 Å². The van der Waals surface area contributed by atoms with Crippen molar-refractivity contribution in [3.63, 3.8) is 0 Å². The first-order chi connectivity index (χ1) is 12.4. The maximum Gasteiger partial charge on any atom is 0.314 e. The highest BCUT2D eigenvalue weighted by Gasteiger charge is 2.50. The average Bonchev–Trinajstić information content (AvgIpc) is 2.63. The number of aliphatic carboxylic acids is 1. The Morgan fingerprint density at radius 3 is 2.65 bits per heavy atom. The summed E-state index contributed by atoms with van der Waals surface area (Å²) in [6.45, 7) is 0.0989. The van der Waals surface area contributed by atoms with Gasteiger partial charge in [-0.25, -0.2) is 4.39 Å². The summed E-state index contributed by atoms with van der Waals surface area (Å²) in [5, 5.41) is 20.3. The van der Waals surface area contributed by atoms with Crippen molar-refractivity contribution in [2.75, 3.05) is 13.1 Å². The van der Waals surface area contributed by atoms with Crippen molar-refractivity contribution in [1.82, 2.24) is 9.88 Å². The maximum absolute atomic E-state index is 13.5. The highest BCUT2D eigenvalue weighted by atomic mass is 19.1. The second-order valence-corrected chi connectivity index (χ2v) is 6.54. The number of pyridine rings is 1. The monoisotopic (exact) mass is 358 g/mol. The molecule has 1 aliphatic heterocycles. The second-order valence-electron chi connectivity index (χ2n) is 6.54. The summed E-state index contributed by atoms with van der Waals surface area (Å²) in [5.41, 5.74) is -0.722. The molecule has 7 heteroatoms. The smallest absolute Gasteiger partial charge is 0.314 e. The quantitative estimate of drug-likeness (QED) is 0.869. The molecule has 136 valence electrons. The van der Waals surface area contributed by atoms with E-state index in [9.17, 15) is 24.2 Å². The Bertz CT molecular complexity index is 814. The van der Waals surface area contributed by atoms with Gasteiger partial charge in [0, 0.05) is 31.0 Å². The zero-order chi connectivity index (χ0) is 18.7. The molecule has 1 amide bonds. The fraction of sp³-hybridized carbons (Fsp3) is 0.316. The first-order valence-electron chi connectivity index (χ1n) is 8.27. The Morgan fingerprint density at radius 1 is 1.27 bits per heavy atom. The van der Waals surface area contributed by atoms with Crippen molar-refractivity contribution < 1.29 is 24.2 Å². The van der Waals surface area contributed by atoms with Crippen LogP contribution in [0.2, 0.25) is 0 Å². The number of hydrogen-bond donors (Lipinski definition) is 2. The van der Waals surface area contributed by atoms with Crippen LogP contribution < -0.4 is 0 Å². The number of hydrogen-bond acceptors (Lipinski definition) is 4. The molecule has 1 aliphatic rings. The van der Waals surface area contributed by atoms with Crippen LogP contribution in [-0.2, 0) is 11.2 Å². The number of amides is 1. The SMILES string of the molecule is O=C(c1ccncc1)N1CC[C@H](O)[C@](Cc2cccc(F)c2)(C(=O)O)C1. The molecular weight excluding hydrogens is 339 g/mol. The first kappa shape index (κ1) is 18.0. The molecule has 1 aromatic heterocycles. The molecule has 2 N–H and O–H groups in total. The van der Waals surface area contributed by atoms with Crippen molar-refractivity contribution >= 4 is 11.9 Å². The van der Waals surface area contributed by atoms with Crippen molar-refractivity contribution in [3.8, 4) is 0 Å². The molecule has 2 aromatic rings. The van der Waals surface area contributed by atoms with Crippen LogP contribution in [0.15, 0.2) is 48.8 Å². The number of aromatic nitrogens is 1. The van der Waals surface area contributed by atoms with Crippen molar-refractivity contribution in [1.29, 1.82) is 0 Å². The van der Waals surface area contributed by atoms with E-state index in [4.69, 9.17) is 0 Å². The van der Waals surface area contributed by atoms with Crippen LogP contribution in [0.3, 0.4) is 0 Å². The largest absolute Gasteiger partial charge is 0.481 e. The van der Waals surface area contributed by atoms with Crippen molar-refractivity contribution in [2.45, 2.75) is 18.9 Å². The van der Waals surface area contributed by atoms with E-state index in [1.54, 1.807) is 18.2 Å². The van der Waals surface area contributed by atoms with Crippen molar-refractivity contribution in [3.05, 3.63) is 65.7 Å². The van der Waals surface area contributed by atoms with Gasteiger partial charge in [0.2, 0.25) is 0 Å². The van der Waals surface area contributed by atoms with Gasteiger partial charge >= 0.3 is 5.97 Å². The highest BCUT2D eigenvalue weighted by Crippen LogP contribution is 2.35. The van der Waals surface area contributed by atoms with Crippen LogP contribution in [0.5, 0.6) is 0 Å². The molecule has 0 saturated carbocycles. The predicted molar refractivity (Wildman–Crippen MR) is 90.9 cm³/mol. The lowest BCUT2D eigenvalue weighted by Gasteiger charge is -2.43. The Labute approximate surface area is 149 Å². The molecule has 3 rings (SSSR count). The summed E-state index contributed by atoms with van der Waals surface area (Å²) < 4.78 is 13.5. The number of aliphatic hydroxyl groups excluding tert-OH is 1. The minimum Gasteiger partial charge on any atom is -0.481 e. The molecule has 0 spiro atoms. The van der Waals surface area contributed by atoms with Gasteiger partial charge in [0.15, 0.2) is 0 Å². The summed E-state index contributed by atoms with van der Waals surface area (Å²) in [6.07, 6.45) is 1.91. The number of halogens is 1. The van der Waals surface area contributed by atoms with E-state index in [1.807, 2.05) is 0 Å². The third-order valence-corrected chi connectivity index (χ3v) is 4.83. The molecule has 26 heavy (non-hydrogen) atoms. The van der Waals surface area contributed by atoms with Gasteiger partial charge in [-0.1, -0.05) is 12.1 Å². The fourth-order valence-electron chi connectivity index (χ4n) is 3.40. The van der Waals surface area contributed by atoms with Gasteiger partial charge in [-0.15, -0.1) is 0 Å². The number of benzene rings is 1. The van der Waals surface area contributed by atoms with E-state index in [1.165, 1.54) is 35.5 Å². The molecule has 2 heterocycles. The standard InChI is InChI=1S/C19H19FN2O4/c20-15-3-1-2-13(10-15)11-19(18(25)26)12-22(9-6-16(19)23)17(24)14-4-7-21-8-5-14/h1-5,7-8,10,16,23H,6,9,11-12H2,(H,25,26)/t16-,19+/m0/s1. The Hall–Kier alpha value is -2.80. The summed E-state index contributed by atoms with van der Waals surface area (Å²) in [5.74, 6) is -2.00. The van der Waals surface area contributed by atoms with Gasteiger partial charge < -0.3 is 15.1 Å². The molecule has 1 saturated heterocycles. The predicted octanol–water partition coefficient (Wildman–Crippen LogP) is 1.74. The number of rotatable bonds is 4. The third-order valence-electron chi connectivity index (χ3n) is 4.83. The second kappa shape index (κ2) is 7.21. The third kappa shape index (κ3) is 3.43. The van der Waals surface area contributed by atoms with E-state index < -0.39 is 23.3 Å². The molecule has 1 aromatic carbocycles. The molecule has 1 fully saturated rings. The van der Waals surface area contributed by atoms with Gasteiger partial charge in [0.25, 0.3) is 5.91 Å². The number of likely N-dealkylation sites (tertiary alicyclic amines) is 1. The van der Waals surface area contributed by atoms with Crippen molar-refractivity contribution in [2.24, 2.45) is 5.41 Å². The lowest BCUT2D eigenvalue weighted by Crippen LogP contribution is -2.58. The number of nitrogens with zero attached hydrogens (tertiary/aromatic N) is 2. The summed E-state index contributed by atoms with van der Waals surface area (Å²) in [6, 6.07) is 8.75. The number of carbonyl (C=O) groups excluding carboxylic acids is 1. The van der Waals surface area contributed by atoms with Crippen LogP contribution >= 0.6 is 0 Å². The van der Waals surface area contributed by atoms with Crippen LogP contribution in [0.4, 0.5) is 4.39 Å². The van der Waals surface area contributed by atoms with E-state index in [0.29, 0.717) is 11.1 Å². The fourth-order valence-corrected chi connectivity index (χ4v) is 3.40. The highest BCUT2D eigenvalue weighted by molar-refractivity contribution is 5.94. The molecule has 0 radical (unpaired) electrons. The normalized spacial score (nSPS) is 22.8. The van der Waals surface area contributed by atoms with Gasteiger partial charge in [0.1, 0.15) is 11.2 Å². The summed E-state index contributed by atoms with van der Waals surface area (Å²) in [7, 11) is 0. The lowest BCUT2D eigenvalue weighted by atomic mass is 9.72. The average molecular weight is 358 g/mol. The van der Waals surface area contributed by atoms with E-state index >= 15 is 0 Å². The van der Waals surface area contributed by atoms with Crippen LogP contribution in [0, 0.1) is 11.2 Å². The Morgan fingerprint density at radius 2 is 2.00 bits per heavy atom. The Balaban J connectivity index is 1.90. The molecule has 0 bridgehead atoms. The van der Waals surface area contributed by atoms with E-state index in [0.717, 1.165) is 0 Å². The van der Waals surface area contributed by atoms with Gasteiger partial charge in [-0.3, -0.25) is 14.6 Å². The number of aliphatic hydroxyl groups is 1. The van der Waals surface area contributed by atoms with Crippen LogP contribution in [0.25, 0.3) is 0 Å². The maximum atomic E-state index is 13.5. The summed E-state index contributed by atoms with van der Waals surface area (Å²) >= 11 is 0. The summed E-state index contributed by atoms with van der Waals surface area (Å²) in [4.78, 5) is 30.1. The molecule has 0 aliphatic carbocycles. The molecule has 6 nitrogen and oxygen atoms in total. The minimum atomic E-state index is -1.59. The Kier molecular flexibility index (Phi) is 4.99. The zero-order valence-electron chi connectivity index (χ0n) is 14.0. The van der Waals surface area contributed by atoms with Gasteiger partial charge in [-0.05, 0) is 42.7 Å². The van der Waals surface area contributed by atoms with Gasteiger partial charge in [0.05, 0.1) is 6.10 Å². The topological polar surface area (TPSA) is 90.7 Å². The number of piperidine rings is 1. The number of carboxylic acid groups (broad SMARTS) is 1. The van der Waals surface area contributed by atoms with Gasteiger partial charge in [-0.2, -0.15) is 0 Å². The molecule has 0 unspecified atom stereocenters. The minimum absolute atomic E-state index is 0.0681. The van der Waals surface area contributed by atoms with E-state index in [2.05, 4.69) is 4.98 Å². The van der Waals surface area contributed by atoms with Crippen LogP contribution in [0.1, 0.15) is 22.3 Å². The number of carboxylic acids is 1. The zero-order valence-corrected chi connectivity index (χ0v) is 14.0. The first-order valence-corrected chi connectivity index (χ1v) is 8.27.